The van der Waals surface area contributed by atoms with Gasteiger partial charge < -0.3 is 10.2 Å². The molecule has 1 heterocycles. The molecule has 0 saturated carbocycles. The molecule has 1 saturated heterocycles. The molecule has 4 heteroatoms. The molecule has 2 unspecified atom stereocenters. The third kappa shape index (κ3) is 3.57. The molecule has 0 radical (unpaired) electrons. The summed E-state index contributed by atoms with van der Waals surface area (Å²) in [5.41, 5.74) is 0.572. The van der Waals surface area contributed by atoms with Gasteiger partial charge in [-0.3, -0.25) is 4.79 Å². The normalized spacial score (nSPS) is 19.9. The lowest BCUT2D eigenvalue weighted by Gasteiger charge is -2.26. The Kier molecular flexibility index (Phi) is 5.12. The Labute approximate surface area is 120 Å². The molecule has 1 aliphatic heterocycles. The van der Waals surface area contributed by atoms with Crippen LogP contribution in [0.15, 0.2) is 24.3 Å². The molecule has 1 aromatic rings. The Bertz CT molecular complexity index is 458. The summed E-state index contributed by atoms with van der Waals surface area (Å²) in [6.45, 7) is 2.92. The Morgan fingerprint density at radius 2 is 2.25 bits per heavy atom. The average molecular weight is 278 g/mol. The molecule has 110 valence electrons. The maximum atomic E-state index is 13.7. The van der Waals surface area contributed by atoms with Gasteiger partial charge in [-0.2, -0.15) is 0 Å². The first-order valence-electron chi connectivity index (χ1n) is 7.33. The van der Waals surface area contributed by atoms with Gasteiger partial charge in [0, 0.05) is 25.1 Å². The van der Waals surface area contributed by atoms with Crippen LogP contribution < -0.4 is 5.32 Å². The zero-order valence-corrected chi connectivity index (χ0v) is 12.2. The van der Waals surface area contributed by atoms with Crippen molar-refractivity contribution in [3.8, 4) is 0 Å². The maximum absolute atomic E-state index is 13.7. The van der Waals surface area contributed by atoms with Crippen molar-refractivity contribution in [3.05, 3.63) is 35.6 Å². The molecule has 1 N–H and O–H groups in total. The number of carbonyl (C=O) groups excluding carboxylic acids is 1. The summed E-state index contributed by atoms with van der Waals surface area (Å²) in [6, 6.07) is 6.88. The fourth-order valence-electron chi connectivity index (χ4n) is 2.72. The number of nitrogens with zero attached hydrogens (tertiary/aromatic N) is 1. The van der Waals surface area contributed by atoms with Crippen LogP contribution in [-0.2, 0) is 4.79 Å². The van der Waals surface area contributed by atoms with E-state index in [4.69, 9.17) is 0 Å². The fraction of sp³-hybridized carbons (Fsp3) is 0.562. The number of amides is 1. The van der Waals surface area contributed by atoms with Gasteiger partial charge in [0.15, 0.2) is 0 Å². The van der Waals surface area contributed by atoms with E-state index in [1.165, 1.54) is 12.5 Å². The first-order valence-corrected chi connectivity index (χ1v) is 7.33. The molecule has 2 rings (SSSR count). The highest BCUT2D eigenvalue weighted by Crippen LogP contribution is 2.22. The Morgan fingerprint density at radius 3 is 2.90 bits per heavy atom. The van der Waals surface area contributed by atoms with Gasteiger partial charge in [0.05, 0.1) is 6.04 Å². The lowest BCUT2D eigenvalue weighted by Crippen LogP contribution is -2.31. The monoisotopic (exact) mass is 278 g/mol. The van der Waals surface area contributed by atoms with Crippen molar-refractivity contribution in [2.45, 2.75) is 44.7 Å². The molecule has 1 aliphatic rings. The SMILES string of the molecule is CC(c1ccccc1F)N(C)C(=O)CCC1CCCN1. The van der Waals surface area contributed by atoms with Crippen LogP contribution in [0.4, 0.5) is 4.39 Å². The van der Waals surface area contributed by atoms with E-state index in [-0.39, 0.29) is 17.8 Å². The van der Waals surface area contributed by atoms with Crippen molar-refractivity contribution < 1.29 is 9.18 Å². The summed E-state index contributed by atoms with van der Waals surface area (Å²) in [5.74, 6) is -0.174. The van der Waals surface area contributed by atoms with Gasteiger partial charge in [0.25, 0.3) is 0 Å². The summed E-state index contributed by atoms with van der Waals surface area (Å²) in [4.78, 5) is 13.8. The molecule has 1 fully saturated rings. The number of hydrogen-bond acceptors (Lipinski definition) is 2. The number of benzene rings is 1. The predicted molar refractivity (Wildman–Crippen MR) is 77.8 cm³/mol. The topological polar surface area (TPSA) is 32.3 Å². The molecule has 1 aromatic carbocycles. The minimum atomic E-state index is -0.253. The van der Waals surface area contributed by atoms with Crippen molar-refractivity contribution in [2.75, 3.05) is 13.6 Å². The van der Waals surface area contributed by atoms with Gasteiger partial charge in [-0.05, 0) is 38.8 Å². The first-order chi connectivity index (χ1) is 9.59. The van der Waals surface area contributed by atoms with Crippen molar-refractivity contribution in [1.29, 1.82) is 0 Å². The largest absolute Gasteiger partial charge is 0.339 e. The third-order valence-electron chi connectivity index (χ3n) is 4.20. The average Bonchev–Trinajstić information content (AvgIpc) is 2.97. The minimum Gasteiger partial charge on any atom is -0.339 e. The lowest BCUT2D eigenvalue weighted by molar-refractivity contribution is -0.132. The fourth-order valence-corrected chi connectivity index (χ4v) is 2.72. The van der Waals surface area contributed by atoms with Crippen molar-refractivity contribution in [2.24, 2.45) is 0 Å². The van der Waals surface area contributed by atoms with Crippen LogP contribution in [0.1, 0.15) is 44.2 Å². The number of hydrogen-bond donors (Lipinski definition) is 1. The number of halogens is 1. The predicted octanol–water partition coefficient (Wildman–Crippen LogP) is 2.88. The Hall–Kier alpha value is -1.42. The van der Waals surface area contributed by atoms with Crippen molar-refractivity contribution in [3.63, 3.8) is 0 Å². The highest BCUT2D eigenvalue weighted by atomic mass is 19.1. The van der Waals surface area contributed by atoms with Crippen LogP contribution in [0.5, 0.6) is 0 Å². The highest BCUT2D eigenvalue weighted by Gasteiger charge is 2.21. The van der Waals surface area contributed by atoms with E-state index in [1.807, 2.05) is 6.92 Å². The van der Waals surface area contributed by atoms with Gasteiger partial charge in [-0.1, -0.05) is 18.2 Å². The van der Waals surface area contributed by atoms with E-state index in [2.05, 4.69) is 5.32 Å². The second kappa shape index (κ2) is 6.84. The zero-order chi connectivity index (χ0) is 14.5. The van der Waals surface area contributed by atoms with E-state index in [0.717, 1.165) is 19.4 Å². The summed E-state index contributed by atoms with van der Waals surface area (Å²) >= 11 is 0. The van der Waals surface area contributed by atoms with Crippen LogP contribution in [0, 0.1) is 5.82 Å². The van der Waals surface area contributed by atoms with Crippen LogP contribution in [0.25, 0.3) is 0 Å². The molecule has 0 bridgehead atoms. The van der Waals surface area contributed by atoms with Crippen LogP contribution in [-0.4, -0.2) is 30.4 Å². The molecular weight excluding hydrogens is 255 g/mol. The van der Waals surface area contributed by atoms with Gasteiger partial charge in [-0.15, -0.1) is 0 Å². The second-order valence-corrected chi connectivity index (χ2v) is 5.53. The van der Waals surface area contributed by atoms with Crippen molar-refractivity contribution in [1.82, 2.24) is 10.2 Å². The maximum Gasteiger partial charge on any atom is 0.222 e. The van der Waals surface area contributed by atoms with E-state index in [1.54, 1.807) is 30.1 Å². The first kappa shape index (κ1) is 15.0. The number of carbonyl (C=O) groups is 1. The molecule has 20 heavy (non-hydrogen) atoms. The summed E-state index contributed by atoms with van der Waals surface area (Å²) < 4.78 is 13.7. The molecule has 0 aromatic heterocycles. The summed E-state index contributed by atoms with van der Waals surface area (Å²) in [5, 5.41) is 3.39. The van der Waals surface area contributed by atoms with E-state index >= 15 is 0 Å². The zero-order valence-electron chi connectivity index (χ0n) is 12.2. The lowest BCUT2D eigenvalue weighted by atomic mass is 10.0. The van der Waals surface area contributed by atoms with Crippen molar-refractivity contribution >= 4 is 5.91 Å². The smallest absolute Gasteiger partial charge is 0.222 e. The van der Waals surface area contributed by atoms with Crippen LogP contribution in [0.2, 0.25) is 0 Å². The molecule has 0 spiro atoms. The Balaban J connectivity index is 1.90. The third-order valence-corrected chi connectivity index (χ3v) is 4.20. The summed E-state index contributed by atoms with van der Waals surface area (Å²) in [6.07, 6.45) is 3.74. The quantitative estimate of drug-likeness (QED) is 0.898. The van der Waals surface area contributed by atoms with Gasteiger partial charge >= 0.3 is 0 Å². The van der Waals surface area contributed by atoms with Crippen LogP contribution >= 0.6 is 0 Å². The molecular formula is C16H23FN2O. The van der Waals surface area contributed by atoms with Crippen LogP contribution in [0.3, 0.4) is 0 Å². The number of nitrogens with one attached hydrogen (secondary N) is 1. The standard InChI is InChI=1S/C16H23FN2O/c1-12(14-7-3-4-8-15(14)17)19(2)16(20)10-9-13-6-5-11-18-13/h3-4,7-8,12-13,18H,5-6,9-11H2,1-2H3. The van der Waals surface area contributed by atoms with Gasteiger partial charge in [0.2, 0.25) is 5.91 Å². The van der Waals surface area contributed by atoms with Gasteiger partial charge in [-0.25, -0.2) is 4.39 Å². The van der Waals surface area contributed by atoms with Gasteiger partial charge in [0.1, 0.15) is 5.82 Å². The number of rotatable bonds is 5. The Morgan fingerprint density at radius 1 is 1.50 bits per heavy atom. The van der Waals surface area contributed by atoms with E-state index < -0.39 is 0 Å². The molecule has 0 aliphatic carbocycles. The highest BCUT2D eigenvalue weighted by molar-refractivity contribution is 5.76. The second-order valence-electron chi connectivity index (χ2n) is 5.53. The molecule has 2 atom stereocenters. The van der Waals surface area contributed by atoms with E-state index in [9.17, 15) is 9.18 Å². The minimum absolute atomic E-state index is 0.0782. The molecule has 1 amide bonds. The van der Waals surface area contributed by atoms with E-state index in [0.29, 0.717) is 18.0 Å². The summed E-state index contributed by atoms with van der Waals surface area (Å²) in [7, 11) is 1.75. The molecule has 3 nitrogen and oxygen atoms in total.